The van der Waals surface area contributed by atoms with Gasteiger partial charge in [-0.15, -0.1) is 0 Å². The summed E-state index contributed by atoms with van der Waals surface area (Å²) in [7, 11) is 0. The van der Waals surface area contributed by atoms with Crippen LogP contribution in [0, 0.1) is 0 Å². The predicted molar refractivity (Wildman–Crippen MR) is 62.2 cm³/mol. The van der Waals surface area contributed by atoms with E-state index in [1.807, 2.05) is 37.4 Å². The number of likely N-dealkylation sites (tertiary alicyclic amines) is 1. The zero-order chi connectivity index (χ0) is 11.1. The summed E-state index contributed by atoms with van der Waals surface area (Å²) in [6.45, 7) is 7.48. The second kappa shape index (κ2) is 3.58. The molecule has 3 nitrogen and oxygen atoms in total. The Morgan fingerprint density at radius 2 is 2.13 bits per heavy atom. The molecule has 1 amide bonds. The van der Waals surface area contributed by atoms with Crippen molar-refractivity contribution in [2.75, 3.05) is 18.8 Å². The molecule has 0 aliphatic carbocycles. The highest BCUT2D eigenvalue weighted by molar-refractivity contribution is 8.07. The fourth-order valence-electron chi connectivity index (χ4n) is 1.92. The first-order valence-electron chi connectivity index (χ1n) is 5.52. The van der Waals surface area contributed by atoms with E-state index < -0.39 is 0 Å². The van der Waals surface area contributed by atoms with Gasteiger partial charge < -0.3 is 9.64 Å². The number of carbonyl (C=O) groups is 1. The van der Waals surface area contributed by atoms with Crippen LogP contribution in [0.2, 0.25) is 0 Å². The number of carbonyl (C=O) groups excluding carboxylic acids is 1. The smallest absolute Gasteiger partial charge is 0.410 e. The summed E-state index contributed by atoms with van der Waals surface area (Å²) in [5.41, 5.74) is -0.377. The second-order valence-electron chi connectivity index (χ2n) is 5.48. The quantitative estimate of drug-likeness (QED) is 0.598. The van der Waals surface area contributed by atoms with Crippen molar-refractivity contribution in [1.82, 2.24) is 4.90 Å². The first-order valence-corrected chi connectivity index (χ1v) is 6.51. The third-order valence-corrected chi connectivity index (χ3v) is 4.18. The molecular formula is C11H19NO2S. The minimum absolute atomic E-state index is 0.144. The van der Waals surface area contributed by atoms with Crippen LogP contribution in [-0.4, -0.2) is 40.2 Å². The fraction of sp³-hybridized carbons (Fsp3) is 0.909. The fourth-order valence-corrected chi connectivity index (χ4v) is 2.89. The molecule has 1 unspecified atom stereocenters. The molecule has 2 saturated heterocycles. The molecule has 2 fully saturated rings. The van der Waals surface area contributed by atoms with E-state index in [2.05, 4.69) is 0 Å². The monoisotopic (exact) mass is 229 g/mol. The summed E-state index contributed by atoms with van der Waals surface area (Å²) in [5.74, 6) is 1.21. The molecule has 0 bridgehead atoms. The van der Waals surface area contributed by atoms with Gasteiger partial charge in [0, 0.05) is 23.6 Å². The molecule has 4 heteroatoms. The van der Waals surface area contributed by atoms with Gasteiger partial charge in [-0.1, -0.05) is 0 Å². The Morgan fingerprint density at radius 1 is 1.47 bits per heavy atom. The van der Waals surface area contributed by atoms with Crippen LogP contribution >= 0.6 is 11.8 Å². The molecule has 1 spiro atoms. The SMILES string of the molecule is CC(C)(C)OC(=O)N1CCCC2(CS2)C1. The van der Waals surface area contributed by atoms with Crippen molar-refractivity contribution in [3.63, 3.8) is 0 Å². The minimum Gasteiger partial charge on any atom is -0.444 e. The summed E-state index contributed by atoms with van der Waals surface area (Å²) in [6.07, 6.45) is 2.23. The summed E-state index contributed by atoms with van der Waals surface area (Å²) in [4.78, 5) is 13.7. The maximum Gasteiger partial charge on any atom is 0.410 e. The molecule has 15 heavy (non-hydrogen) atoms. The van der Waals surface area contributed by atoms with Crippen LogP contribution in [0.5, 0.6) is 0 Å². The van der Waals surface area contributed by atoms with Crippen molar-refractivity contribution in [1.29, 1.82) is 0 Å². The molecule has 0 aromatic rings. The van der Waals surface area contributed by atoms with E-state index in [9.17, 15) is 4.79 Å². The van der Waals surface area contributed by atoms with Gasteiger partial charge in [-0.05, 0) is 33.6 Å². The van der Waals surface area contributed by atoms with Crippen LogP contribution < -0.4 is 0 Å². The second-order valence-corrected chi connectivity index (χ2v) is 6.92. The Balaban J connectivity index is 1.90. The van der Waals surface area contributed by atoms with Gasteiger partial charge in [0.25, 0.3) is 0 Å². The molecule has 2 rings (SSSR count). The van der Waals surface area contributed by atoms with Crippen LogP contribution in [0.4, 0.5) is 4.79 Å². The Hall–Kier alpha value is -0.380. The third kappa shape index (κ3) is 2.80. The lowest BCUT2D eigenvalue weighted by molar-refractivity contribution is 0.0202. The molecule has 2 aliphatic rings. The van der Waals surface area contributed by atoms with Crippen LogP contribution in [0.3, 0.4) is 0 Å². The lowest BCUT2D eigenvalue weighted by Crippen LogP contribution is -2.45. The number of thioether (sulfide) groups is 1. The van der Waals surface area contributed by atoms with Crippen LogP contribution in [-0.2, 0) is 4.74 Å². The largest absolute Gasteiger partial charge is 0.444 e. The predicted octanol–water partition coefficient (Wildman–Crippen LogP) is 2.50. The molecule has 2 heterocycles. The molecule has 0 saturated carbocycles. The van der Waals surface area contributed by atoms with Gasteiger partial charge >= 0.3 is 6.09 Å². The first kappa shape index (κ1) is 11.1. The van der Waals surface area contributed by atoms with Crippen molar-refractivity contribution >= 4 is 17.9 Å². The molecule has 2 aliphatic heterocycles. The highest BCUT2D eigenvalue weighted by Crippen LogP contribution is 2.50. The number of rotatable bonds is 0. The maximum atomic E-state index is 11.8. The Morgan fingerprint density at radius 3 is 2.67 bits per heavy atom. The zero-order valence-corrected chi connectivity index (χ0v) is 10.5. The van der Waals surface area contributed by atoms with Crippen molar-refractivity contribution in [3.8, 4) is 0 Å². The number of amides is 1. The number of hydrogen-bond donors (Lipinski definition) is 0. The zero-order valence-electron chi connectivity index (χ0n) is 9.71. The Labute approximate surface area is 95.5 Å². The van der Waals surface area contributed by atoms with Crippen molar-refractivity contribution < 1.29 is 9.53 Å². The van der Waals surface area contributed by atoms with Crippen molar-refractivity contribution in [2.45, 2.75) is 44.0 Å². The van der Waals surface area contributed by atoms with E-state index in [4.69, 9.17) is 4.74 Å². The molecule has 1 atom stereocenters. The highest BCUT2D eigenvalue weighted by Gasteiger charge is 2.48. The van der Waals surface area contributed by atoms with Gasteiger partial charge in [-0.3, -0.25) is 0 Å². The molecule has 0 aromatic heterocycles. The normalized spacial score (nSPS) is 30.5. The third-order valence-electron chi connectivity index (χ3n) is 2.74. The topological polar surface area (TPSA) is 29.5 Å². The van der Waals surface area contributed by atoms with Crippen molar-refractivity contribution in [2.24, 2.45) is 0 Å². The van der Waals surface area contributed by atoms with Gasteiger partial charge in [0.2, 0.25) is 0 Å². The maximum absolute atomic E-state index is 11.8. The Bertz CT molecular complexity index is 268. The van der Waals surface area contributed by atoms with Gasteiger partial charge in [-0.2, -0.15) is 11.8 Å². The molecule has 0 N–H and O–H groups in total. The molecule has 86 valence electrons. The van der Waals surface area contributed by atoms with E-state index in [0.717, 1.165) is 19.5 Å². The van der Waals surface area contributed by atoms with E-state index in [1.54, 1.807) is 0 Å². The Kier molecular flexibility index (Phi) is 2.65. The van der Waals surface area contributed by atoms with Gasteiger partial charge in [0.15, 0.2) is 0 Å². The number of nitrogens with zero attached hydrogens (tertiary/aromatic N) is 1. The molecule has 0 aromatic carbocycles. The summed E-state index contributed by atoms with van der Waals surface area (Å²) >= 11 is 1.98. The highest BCUT2D eigenvalue weighted by atomic mass is 32.2. The molecule has 0 radical (unpaired) electrons. The summed E-state index contributed by atoms with van der Waals surface area (Å²) < 4.78 is 5.77. The lowest BCUT2D eigenvalue weighted by atomic mass is 10.0. The first-order chi connectivity index (χ1) is 6.90. The van der Waals surface area contributed by atoms with E-state index >= 15 is 0 Å². The number of hydrogen-bond acceptors (Lipinski definition) is 3. The number of ether oxygens (including phenoxy) is 1. The van der Waals surface area contributed by atoms with E-state index in [1.165, 1.54) is 12.2 Å². The standard InChI is InChI=1S/C11H19NO2S/c1-10(2,3)14-9(13)12-6-4-5-11(7-12)8-15-11/h4-8H2,1-3H3. The van der Waals surface area contributed by atoms with Crippen LogP contribution in [0.1, 0.15) is 33.6 Å². The van der Waals surface area contributed by atoms with E-state index in [0.29, 0.717) is 4.75 Å². The van der Waals surface area contributed by atoms with Crippen LogP contribution in [0.15, 0.2) is 0 Å². The van der Waals surface area contributed by atoms with Gasteiger partial charge in [0.05, 0.1) is 0 Å². The van der Waals surface area contributed by atoms with E-state index in [-0.39, 0.29) is 11.7 Å². The summed E-state index contributed by atoms with van der Waals surface area (Å²) in [6, 6.07) is 0. The lowest BCUT2D eigenvalue weighted by Gasteiger charge is -2.33. The van der Waals surface area contributed by atoms with Gasteiger partial charge in [-0.25, -0.2) is 4.79 Å². The number of piperidine rings is 1. The van der Waals surface area contributed by atoms with Crippen molar-refractivity contribution in [3.05, 3.63) is 0 Å². The average Bonchev–Trinajstić information content (AvgIpc) is 2.82. The minimum atomic E-state index is -0.377. The van der Waals surface area contributed by atoms with Gasteiger partial charge in [0.1, 0.15) is 5.60 Å². The van der Waals surface area contributed by atoms with Crippen LogP contribution in [0.25, 0.3) is 0 Å². The molecular weight excluding hydrogens is 210 g/mol. The summed E-state index contributed by atoms with van der Waals surface area (Å²) in [5, 5.41) is 0. The average molecular weight is 229 g/mol.